The largest absolute Gasteiger partial charge is 0.314 e. The first-order valence-electron chi connectivity index (χ1n) is 7.09. The summed E-state index contributed by atoms with van der Waals surface area (Å²) in [4.78, 5) is 3.10. The SMILES string of the molecule is CCc1ccc(CCC(C)CCNC2CC2)s1. The summed E-state index contributed by atoms with van der Waals surface area (Å²) < 4.78 is 0. The Morgan fingerprint density at radius 1 is 1.29 bits per heavy atom. The highest BCUT2D eigenvalue weighted by atomic mass is 32.1. The molecule has 1 aliphatic carbocycles. The normalized spacial score (nSPS) is 17.3. The van der Waals surface area contributed by atoms with Crippen molar-refractivity contribution < 1.29 is 0 Å². The van der Waals surface area contributed by atoms with Gasteiger partial charge in [-0.1, -0.05) is 13.8 Å². The van der Waals surface area contributed by atoms with E-state index >= 15 is 0 Å². The fraction of sp³-hybridized carbons (Fsp3) is 0.733. The van der Waals surface area contributed by atoms with Crippen molar-refractivity contribution >= 4 is 11.3 Å². The molecule has 1 nitrogen and oxygen atoms in total. The molecule has 0 aliphatic heterocycles. The molecule has 96 valence electrons. The highest BCUT2D eigenvalue weighted by molar-refractivity contribution is 7.11. The quantitative estimate of drug-likeness (QED) is 0.736. The lowest BCUT2D eigenvalue weighted by molar-refractivity contribution is 0.470. The van der Waals surface area contributed by atoms with Crippen molar-refractivity contribution in [3.8, 4) is 0 Å². The van der Waals surface area contributed by atoms with Crippen LogP contribution in [-0.4, -0.2) is 12.6 Å². The minimum atomic E-state index is 0.855. The van der Waals surface area contributed by atoms with E-state index in [0.29, 0.717) is 0 Å². The molecule has 1 aromatic heterocycles. The van der Waals surface area contributed by atoms with Gasteiger partial charge >= 0.3 is 0 Å². The zero-order chi connectivity index (χ0) is 12.1. The van der Waals surface area contributed by atoms with Crippen LogP contribution in [0.1, 0.15) is 49.3 Å². The molecular formula is C15H25NS. The number of hydrogen-bond donors (Lipinski definition) is 1. The van der Waals surface area contributed by atoms with Crippen LogP contribution in [0.3, 0.4) is 0 Å². The molecule has 0 amide bonds. The van der Waals surface area contributed by atoms with Crippen molar-refractivity contribution in [3.05, 3.63) is 21.9 Å². The van der Waals surface area contributed by atoms with Crippen LogP contribution >= 0.6 is 11.3 Å². The van der Waals surface area contributed by atoms with Gasteiger partial charge in [-0.15, -0.1) is 11.3 Å². The van der Waals surface area contributed by atoms with Gasteiger partial charge in [-0.25, -0.2) is 0 Å². The molecule has 0 saturated heterocycles. The van der Waals surface area contributed by atoms with E-state index < -0.39 is 0 Å². The Balaban J connectivity index is 1.59. The van der Waals surface area contributed by atoms with Gasteiger partial charge in [-0.2, -0.15) is 0 Å². The average Bonchev–Trinajstić information content (AvgIpc) is 3.04. The summed E-state index contributed by atoms with van der Waals surface area (Å²) in [6.07, 6.45) is 7.95. The van der Waals surface area contributed by atoms with Crippen molar-refractivity contribution in [1.29, 1.82) is 0 Å². The monoisotopic (exact) mass is 251 g/mol. The van der Waals surface area contributed by atoms with Gasteiger partial charge < -0.3 is 5.32 Å². The molecule has 1 fully saturated rings. The van der Waals surface area contributed by atoms with Crippen LogP contribution in [0.2, 0.25) is 0 Å². The summed E-state index contributed by atoms with van der Waals surface area (Å²) in [5.41, 5.74) is 0. The summed E-state index contributed by atoms with van der Waals surface area (Å²) >= 11 is 2.00. The smallest absolute Gasteiger partial charge is 0.00682 e. The van der Waals surface area contributed by atoms with E-state index in [-0.39, 0.29) is 0 Å². The molecule has 2 heteroatoms. The van der Waals surface area contributed by atoms with Gasteiger partial charge in [-0.3, -0.25) is 0 Å². The van der Waals surface area contributed by atoms with Crippen LogP contribution in [0.15, 0.2) is 12.1 Å². The van der Waals surface area contributed by atoms with Crippen LogP contribution in [0.25, 0.3) is 0 Å². The summed E-state index contributed by atoms with van der Waals surface area (Å²) in [5, 5.41) is 3.60. The topological polar surface area (TPSA) is 12.0 Å². The second-order valence-corrected chi connectivity index (χ2v) is 6.64. The Morgan fingerprint density at radius 3 is 2.71 bits per heavy atom. The van der Waals surface area contributed by atoms with E-state index in [1.165, 1.54) is 49.9 Å². The van der Waals surface area contributed by atoms with Crippen LogP contribution in [0.4, 0.5) is 0 Å². The molecule has 0 spiro atoms. The number of rotatable bonds is 8. The molecule has 1 aromatic rings. The lowest BCUT2D eigenvalue weighted by Gasteiger charge is -2.10. The average molecular weight is 251 g/mol. The van der Waals surface area contributed by atoms with Crippen molar-refractivity contribution in [2.75, 3.05) is 6.54 Å². The van der Waals surface area contributed by atoms with Crippen LogP contribution in [0, 0.1) is 5.92 Å². The third-order valence-corrected chi connectivity index (χ3v) is 4.89. The van der Waals surface area contributed by atoms with Crippen LogP contribution < -0.4 is 5.32 Å². The Labute approximate surface area is 110 Å². The summed E-state index contributed by atoms with van der Waals surface area (Å²) in [6, 6.07) is 5.48. The maximum atomic E-state index is 3.60. The fourth-order valence-corrected chi connectivity index (χ4v) is 3.07. The molecule has 0 radical (unpaired) electrons. The molecule has 1 unspecified atom stereocenters. The van der Waals surface area contributed by atoms with Gasteiger partial charge in [-0.05, 0) is 63.1 Å². The first-order chi connectivity index (χ1) is 8.28. The van der Waals surface area contributed by atoms with Crippen LogP contribution in [-0.2, 0) is 12.8 Å². The second kappa shape index (κ2) is 6.55. The highest BCUT2D eigenvalue weighted by Crippen LogP contribution is 2.22. The Bertz CT molecular complexity index is 327. The maximum Gasteiger partial charge on any atom is 0.00682 e. The number of aryl methyl sites for hydroxylation is 2. The zero-order valence-corrected chi connectivity index (χ0v) is 12.0. The van der Waals surface area contributed by atoms with E-state index in [4.69, 9.17) is 0 Å². The van der Waals surface area contributed by atoms with Gasteiger partial charge in [0.2, 0.25) is 0 Å². The van der Waals surface area contributed by atoms with E-state index in [2.05, 4.69) is 31.3 Å². The standard InChI is InChI=1S/C15H25NS/c1-3-14-8-9-15(17-14)7-4-12(2)10-11-16-13-5-6-13/h8-9,12-13,16H,3-7,10-11H2,1-2H3. The van der Waals surface area contributed by atoms with Crippen molar-refractivity contribution in [1.82, 2.24) is 5.32 Å². The highest BCUT2D eigenvalue weighted by Gasteiger charge is 2.19. The summed E-state index contributed by atoms with van der Waals surface area (Å²) in [7, 11) is 0. The van der Waals surface area contributed by atoms with Gasteiger partial charge in [0, 0.05) is 15.8 Å². The van der Waals surface area contributed by atoms with E-state index in [9.17, 15) is 0 Å². The number of nitrogens with one attached hydrogen (secondary N) is 1. The molecule has 17 heavy (non-hydrogen) atoms. The van der Waals surface area contributed by atoms with Gasteiger partial charge in [0.05, 0.1) is 0 Å². The van der Waals surface area contributed by atoms with E-state index in [1.807, 2.05) is 11.3 Å². The Hall–Kier alpha value is -0.340. The van der Waals surface area contributed by atoms with Crippen molar-refractivity contribution in [2.45, 2.75) is 58.4 Å². The first-order valence-corrected chi connectivity index (χ1v) is 7.90. The predicted octanol–water partition coefficient (Wildman–Crippen LogP) is 4.02. The second-order valence-electron chi connectivity index (χ2n) is 5.38. The summed E-state index contributed by atoms with van der Waals surface area (Å²) in [6.45, 7) is 5.85. The summed E-state index contributed by atoms with van der Waals surface area (Å²) in [5.74, 6) is 0.855. The number of hydrogen-bond acceptors (Lipinski definition) is 2. The minimum absolute atomic E-state index is 0.855. The molecule has 2 rings (SSSR count). The van der Waals surface area contributed by atoms with Crippen molar-refractivity contribution in [3.63, 3.8) is 0 Å². The Morgan fingerprint density at radius 2 is 2.06 bits per heavy atom. The maximum absolute atomic E-state index is 3.60. The van der Waals surface area contributed by atoms with Gasteiger partial charge in [0.1, 0.15) is 0 Å². The third kappa shape index (κ3) is 4.81. The molecule has 0 aromatic carbocycles. The molecule has 1 aliphatic rings. The van der Waals surface area contributed by atoms with Gasteiger partial charge in [0.15, 0.2) is 0 Å². The van der Waals surface area contributed by atoms with E-state index in [0.717, 1.165) is 12.0 Å². The third-order valence-electron chi connectivity index (χ3n) is 3.60. The minimum Gasteiger partial charge on any atom is -0.314 e. The molecule has 1 N–H and O–H groups in total. The number of thiophene rings is 1. The molecule has 1 saturated carbocycles. The van der Waals surface area contributed by atoms with E-state index in [1.54, 1.807) is 4.88 Å². The lowest BCUT2D eigenvalue weighted by atomic mass is 10.0. The lowest BCUT2D eigenvalue weighted by Crippen LogP contribution is -2.19. The Kier molecular flexibility index (Phi) is 5.05. The molecule has 1 atom stereocenters. The predicted molar refractivity (Wildman–Crippen MR) is 76.8 cm³/mol. The molecule has 1 heterocycles. The zero-order valence-electron chi connectivity index (χ0n) is 11.2. The molecular weight excluding hydrogens is 226 g/mol. The molecule has 0 bridgehead atoms. The fourth-order valence-electron chi connectivity index (χ4n) is 2.10. The van der Waals surface area contributed by atoms with Gasteiger partial charge in [0.25, 0.3) is 0 Å². The van der Waals surface area contributed by atoms with Crippen LogP contribution in [0.5, 0.6) is 0 Å². The first kappa shape index (κ1) is 13.1. The van der Waals surface area contributed by atoms with Crippen molar-refractivity contribution in [2.24, 2.45) is 5.92 Å².